The maximum atomic E-state index is 11.8. The molecular formula is C12H16O9. The number of hydrogen-bond donors (Lipinski definition) is 3. The molecule has 1 fully saturated rings. The first kappa shape index (κ1) is 16.9. The van der Waals surface area contributed by atoms with Crippen LogP contribution in [0.4, 0.5) is 0 Å². The predicted octanol–water partition coefficient (Wildman–Crippen LogP) is -0.417. The molecule has 9 heteroatoms. The maximum Gasteiger partial charge on any atom is 0.336 e. The molecule has 3 N–H and O–H groups in total. The van der Waals surface area contributed by atoms with Crippen LogP contribution in [0.25, 0.3) is 0 Å². The number of carbonyl (C=O) groups excluding carboxylic acids is 1. The number of carbonyl (C=O) groups is 4. The Morgan fingerprint density at radius 1 is 0.952 bits per heavy atom. The molecule has 118 valence electrons. The summed E-state index contributed by atoms with van der Waals surface area (Å²) >= 11 is 0. The van der Waals surface area contributed by atoms with Gasteiger partial charge in [-0.3, -0.25) is 9.59 Å². The van der Waals surface area contributed by atoms with Gasteiger partial charge in [-0.15, -0.1) is 0 Å². The zero-order valence-electron chi connectivity index (χ0n) is 11.2. The van der Waals surface area contributed by atoms with Crippen LogP contribution in [-0.2, 0) is 28.7 Å². The van der Waals surface area contributed by atoms with Gasteiger partial charge in [-0.05, 0) is 6.42 Å². The van der Waals surface area contributed by atoms with E-state index in [2.05, 4.69) is 0 Å². The molecule has 0 aromatic carbocycles. The molecule has 0 spiro atoms. The van der Waals surface area contributed by atoms with E-state index in [1.807, 2.05) is 6.92 Å². The van der Waals surface area contributed by atoms with Crippen molar-refractivity contribution in [3.8, 4) is 0 Å². The van der Waals surface area contributed by atoms with Gasteiger partial charge in [-0.1, -0.05) is 13.3 Å². The van der Waals surface area contributed by atoms with Crippen molar-refractivity contribution in [2.75, 3.05) is 6.61 Å². The van der Waals surface area contributed by atoms with Gasteiger partial charge in [0.05, 0.1) is 6.61 Å². The summed E-state index contributed by atoms with van der Waals surface area (Å²) < 4.78 is 9.62. The molecule has 0 aliphatic carbocycles. The minimum atomic E-state index is -1.91. The minimum absolute atomic E-state index is 0.0248. The second kappa shape index (κ2) is 7.02. The van der Waals surface area contributed by atoms with Gasteiger partial charge >= 0.3 is 23.9 Å². The molecule has 21 heavy (non-hydrogen) atoms. The van der Waals surface area contributed by atoms with Crippen LogP contribution >= 0.6 is 0 Å². The first-order chi connectivity index (χ1) is 9.81. The fraction of sp³-hybridized carbons (Fsp3) is 0.667. The fourth-order valence-electron chi connectivity index (χ4n) is 2.08. The van der Waals surface area contributed by atoms with Crippen LogP contribution in [0.1, 0.15) is 19.8 Å². The molecule has 0 aromatic heterocycles. The van der Waals surface area contributed by atoms with Gasteiger partial charge in [0.15, 0.2) is 12.2 Å². The molecule has 4 unspecified atom stereocenters. The van der Waals surface area contributed by atoms with Crippen molar-refractivity contribution in [3.05, 3.63) is 0 Å². The molecule has 0 aromatic rings. The van der Waals surface area contributed by atoms with Crippen LogP contribution < -0.4 is 0 Å². The zero-order valence-corrected chi connectivity index (χ0v) is 11.2. The Morgan fingerprint density at radius 2 is 1.48 bits per heavy atom. The van der Waals surface area contributed by atoms with Crippen LogP contribution in [0.2, 0.25) is 0 Å². The van der Waals surface area contributed by atoms with Gasteiger partial charge in [0.1, 0.15) is 11.8 Å². The lowest BCUT2D eigenvalue weighted by Gasteiger charge is -2.15. The lowest BCUT2D eigenvalue weighted by molar-refractivity contribution is -0.167. The van der Waals surface area contributed by atoms with Crippen molar-refractivity contribution in [1.29, 1.82) is 0 Å². The summed E-state index contributed by atoms with van der Waals surface area (Å²) in [5, 5.41) is 27.0. The van der Waals surface area contributed by atoms with Crippen molar-refractivity contribution in [1.82, 2.24) is 0 Å². The lowest BCUT2D eigenvalue weighted by Crippen LogP contribution is -2.39. The van der Waals surface area contributed by atoms with E-state index in [-0.39, 0.29) is 6.61 Å². The van der Waals surface area contributed by atoms with Crippen molar-refractivity contribution in [2.24, 2.45) is 11.8 Å². The average Bonchev–Trinajstić information content (AvgIpc) is 2.79. The van der Waals surface area contributed by atoms with E-state index in [9.17, 15) is 19.2 Å². The number of rotatable bonds is 7. The summed E-state index contributed by atoms with van der Waals surface area (Å²) in [7, 11) is 0. The highest BCUT2D eigenvalue weighted by Gasteiger charge is 2.58. The topological polar surface area (TPSA) is 147 Å². The number of unbranched alkanes of at least 4 members (excludes halogenated alkanes) is 1. The van der Waals surface area contributed by atoms with E-state index in [1.165, 1.54) is 0 Å². The van der Waals surface area contributed by atoms with Gasteiger partial charge in [-0.25, -0.2) is 9.59 Å². The standard InChI is InChI=1S/C12H16O9/c1-2-3-4-20-12(19)8-6(10(15)16)5(9(13)14)7(21-8)11(17)18/h5-8H,2-4H2,1H3,(H,13,14)(H,15,16)(H,17,18). The summed E-state index contributed by atoms with van der Waals surface area (Å²) in [4.78, 5) is 45.0. The lowest BCUT2D eigenvalue weighted by atomic mass is 9.87. The molecule has 1 saturated heterocycles. The molecule has 9 nitrogen and oxygen atoms in total. The smallest absolute Gasteiger partial charge is 0.336 e. The first-order valence-corrected chi connectivity index (χ1v) is 6.31. The molecule has 1 aliphatic rings. The van der Waals surface area contributed by atoms with Gasteiger partial charge in [0.2, 0.25) is 0 Å². The Balaban J connectivity index is 2.97. The fourth-order valence-corrected chi connectivity index (χ4v) is 2.08. The van der Waals surface area contributed by atoms with E-state index >= 15 is 0 Å². The normalized spacial score (nSPS) is 28.0. The van der Waals surface area contributed by atoms with Gasteiger partial charge in [0.25, 0.3) is 0 Å². The third-order valence-corrected chi connectivity index (χ3v) is 3.12. The largest absolute Gasteiger partial charge is 0.481 e. The number of aliphatic carboxylic acids is 3. The Morgan fingerprint density at radius 3 is 1.90 bits per heavy atom. The third kappa shape index (κ3) is 3.69. The Bertz CT molecular complexity index is 444. The summed E-state index contributed by atoms with van der Waals surface area (Å²) in [6.45, 7) is 1.87. The summed E-state index contributed by atoms with van der Waals surface area (Å²) in [6, 6.07) is 0. The van der Waals surface area contributed by atoms with Crippen molar-refractivity contribution < 1.29 is 44.0 Å². The number of ether oxygens (including phenoxy) is 2. The minimum Gasteiger partial charge on any atom is -0.481 e. The number of carboxylic acid groups (broad SMARTS) is 3. The van der Waals surface area contributed by atoms with E-state index in [0.717, 1.165) is 6.42 Å². The van der Waals surface area contributed by atoms with Crippen LogP contribution in [0.15, 0.2) is 0 Å². The second-order valence-electron chi connectivity index (χ2n) is 4.56. The van der Waals surface area contributed by atoms with E-state index in [1.54, 1.807) is 0 Å². The van der Waals surface area contributed by atoms with Crippen LogP contribution in [-0.4, -0.2) is 58.0 Å². The van der Waals surface area contributed by atoms with Crippen LogP contribution in [0.5, 0.6) is 0 Å². The highest BCUT2D eigenvalue weighted by molar-refractivity contribution is 5.92. The number of carboxylic acids is 3. The van der Waals surface area contributed by atoms with E-state index < -0.39 is 47.9 Å². The monoisotopic (exact) mass is 304 g/mol. The summed E-state index contributed by atoms with van der Waals surface area (Å²) in [6.07, 6.45) is -2.38. The first-order valence-electron chi connectivity index (χ1n) is 6.31. The number of esters is 1. The van der Waals surface area contributed by atoms with Gasteiger partial charge in [-0.2, -0.15) is 0 Å². The Kier molecular flexibility index (Phi) is 5.65. The van der Waals surface area contributed by atoms with Gasteiger partial charge < -0.3 is 24.8 Å². The van der Waals surface area contributed by atoms with Crippen LogP contribution in [0, 0.1) is 11.8 Å². The molecule has 0 radical (unpaired) electrons. The number of hydrogen-bond acceptors (Lipinski definition) is 6. The molecule has 4 atom stereocenters. The van der Waals surface area contributed by atoms with E-state index in [0.29, 0.717) is 6.42 Å². The maximum absolute atomic E-state index is 11.8. The highest BCUT2D eigenvalue weighted by Crippen LogP contribution is 2.34. The molecule has 0 amide bonds. The molecule has 1 aliphatic heterocycles. The van der Waals surface area contributed by atoms with E-state index in [4.69, 9.17) is 24.8 Å². The zero-order chi connectivity index (χ0) is 16.2. The van der Waals surface area contributed by atoms with Crippen molar-refractivity contribution in [2.45, 2.75) is 32.0 Å². The Labute approximate surface area is 119 Å². The van der Waals surface area contributed by atoms with Crippen LogP contribution in [0.3, 0.4) is 0 Å². The second-order valence-corrected chi connectivity index (χ2v) is 4.56. The Hall–Kier alpha value is -2.16. The highest BCUT2D eigenvalue weighted by atomic mass is 16.6. The van der Waals surface area contributed by atoms with Crippen molar-refractivity contribution >= 4 is 23.9 Å². The average molecular weight is 304 g/mol. The quantitative estimate of drug-likeness (QED) is 0.421. The van der Waals surface area contributed by atoms with Crippen molar-refractivity contribution in [3.63, 3.8) is 0 Å². The SMILES string of the molecule is CCCCOC(=O)C1OC(C(=O)O)C(C(=O)O)C1C(=O)O. The summed E-state index contributed by atoms with van der Waals surface area (Å²) in [5.41, 5.74) is 0. The van der Waals surface area contributed by atoms with Gasteiger partial charge in [0, 0.05) is 0 Å². The molecule has 1 rings (SSSR count). The predicted molar refractivity (Wildman–Crippen MR) is 64.4 cm³/mol. The third-order valence-electron chi connectivity index (χ3n) is 3.12. The summed E-state index contributed by atoms with van der Waals surface area (Å²) in [5.74, 6) is -9.65. The molecule has 0 saturated carbocycles. The molecule has 0 bridgehead atoms. The molecule has 1 heterocycles. The molecular weight excluding hydrogens is 288 g/mol.